The van der Waals surface area contributed by atoms with E-state index >= 15 is 0 Å². The van der Waals surface area contributed by atoms with Crippen LogP contribution >= 0.6 is 0 Å². The molecule has 1 unspecified atom stereocenters. The third-order valence-corrected chi connectivity index (χ3v) is 6.23. The number of unbranched alkanes of at least 4 members (excludes halogenated alkanes) is 5. The maximum atomic E-state index is 5.75. The number of nitrogens with one attached hydrogen (secondary N) is 1. The van der Waals surface area contributed by atoms with Gasteiger partial charge in [0.2, 0.25) is 0 Å². The van der Waals surface area contributed by atoms with Crippen molar-refractivity contribution in [2.45, 2.75) is 116 Å². The van der Waals surface area contributed by atoms with E-state index in [1.54, 1.807) is 14.2 Å². The van der Waals surface area contributed by atoms with Crippen molar-refractivity contribution >= 4 is 0 Å². The number of rotatable bonds is 15. The molecule has 1 rings (SSSR count). The van der Waals surface area contributed by atoms with Crippen LogP contribution in [0.3, 0.4) is 0 Å². The van der Waals surface area contributed by atoms with E-state index in [1.165, 1.54) is 89.9 Å². The first-order valence-electron chi connectivity index (χ1n) is 11.0. The average Bonchev–Trinajstić information content (AvgIpc) is 2.66. The Morgan fingerprint density at radius 2 is 1.48 bits per heavy atom. The zero-order chi connectivity index (χ0) is 18.4. The van der Waals surface area contributed by atoms with Crippen molar-refractivity contribution in [2.75, 3.05) is 20.8 Å². The highest BCUT2D eigenvalue weighted by molar-refractivity contribution is 4.77. The minimum atomic E-state index is -0.436. The zero-order valence-corrected chi connectivity index (χ0v) is 17.6. The number of hydrogen-bond acceptors (Lipinski definition) is 3. The van der Waals surface area contributed by atoms with Gasteiger partial charge in [0.05, 0.1) is 0 Å². The Morgan fingerprint density at radius 1 is 0.880 bits per heavy atom. The summed E-state index contributed by atoms with van der Waals surface area (Å²) in [6.45, 7) is 5.53. The van der Waals surface area contributed by atoms with Crippen molar-refractivity contribution < 1.29 is 9.47 Å². The van der Waals surface area contributed by atoms with Crippen molar-refractivity contribution in [2.24, 2.45) is 5.92 Å². The Hall–Kier alpha value is -0.120. The molecule has 1 aliphatic carbocycles. The number of hydrogen-bond donors (Lipinski definition) is 1. The molecular formula is C22H45NO2. The normalized spacial score (nSPS) is 17.8. The first-order valence-corrected chi connectivity index (χ1v) is 11.0. The van der Waals surface area contributed by atoms with Gasteiger partial charge in [-0.3, -0.25) is 0 Å². The first-order chi connectivity index (χ1) is 12.2. The fourth-order valence-corrected chi connectivity index (χ4v) is 4.22. The van der Waals surface area contributed by atoms with Gasteiger partial charge in [0.25, 0.3) is 0 Å². The maximum absolute atomic E-state index is 5.75. The molecule has 0 amide bonds. The topological polar surface area (TPSA) is 30.5 Å². The van der Waals surface area contributed by atoms with Crippen LogP contribution in [0.2, 0.25) is 0 Å². The lowest BCUT2D eigenvalue weighted by Crippen LogP contribution is -2.39. The summed E-state index contributed by atoms with van der Waals surface area (Å²) in [5.74, 6) is 0.0516. The highest BCUT2D eigenvalue weighted by atomic mass is 16.7. The molecule has 0 radical (unpaired) electrons. The molecule has 150 valence electrons. The second-order valence-corrected chi connectivity index (χ2v) is 8.11. The van der Waals surface area contributed by atoms with Crippen molar-refractivity contribution in [3.63, 3.8) is 0 Å². The highest BCUT2D eigenvalue weighted by Gasteiger charge is 2.33. The maximum Gasteiger partial charge on any atom is 0.167 e. The van der Waals surface area contributed by atoms with Gasteiger partial charge in [-0.25, -0.2) is 0 Å². The predicted molar refractivity (Wildman–Crippen MR) is 108 cm³/mol. The summed E-state index contributed by atoms with van der Waals surface area (Å²) in [5, 5.41) is 3.77. The van der Waals surface area contributed by atoms with Crippen LogP contribution < -0.4 is 5.32 Å². The van der Waals surface area contributed by atoms with Gasteiger partial charge in [-0.05, 0) is 45.6 Å². The van der Waals surface area contributed by atoms with Crippen molar-refractivity contribution in [1.82, 2.24) is 5.32 Å². The van der Waals surface area contributed by atoms with Crippen molar-refractivity contribution in [3.05, 3.63) is 0 Å². The number of methoxy groups -OCH3 is 2. The lowest BCUT2D eigenvalue weighted by atomic mass is 9.88. The Labute approximate surface area is 157 Å². The van der Waals surface area contributed by atoms with Gasteiger partial charge in [0.1, 0.15) is 0 Å². The zero-order valence-electron chi connectivity index (χ0n) is 17.6. The molecular weight excluding hydrogens is 310 g/mol. The fraction of sp³-hybridized carbons (Fsp3) is 1.00. The van der Waals surface area contributed by atoms with Gasteiger partial charge in [-0.15, -0.1) is 0 Å². The molecule has 0 bridgehead atoms. The smallest absolute Gasteiger partial charge is 0.167 e. The van der Waals surface area contributed by atoms with Crippen LogP contribution in [0.4, 0.5) is 0 Å². The van der Waals surface area contributed by atoms with Gasteiger partial charge in [-0.1, -0.05) is 64.7 Å². The summed E-state index contributed by atoms with van der Waals surface area (Å²) >= 11 is 0. The molecule has 0 aliphatic heterocycles. The first kappa shape index (κ1) is 22.9. The fourth-order valence-electron chi connectivity index (χ4n) is 4.22. The molecule has 0 spiro atoms. The summed E-state index contributed by atoms with van der Waals surface area (Å²) in [7, 11) is 3.58. The molecule has 1 atom stereocenters. The van der Waals surface area contributed by atoms with Gasteiger partial charge in [-0.2, -0.15) is 0 Å². The lowest BCUT2D eigenvalue weighted by molar-refractivity contribution is -0.230. The molecule has 0 saturated heterocycles. The Morgan fingerprint density at radius 3 is 2.12 bits per heavy atom. The van der Waals surface area contributed by atoms with Gasteiger partial charge in [0, 0.05) is 26.2 Å². The third kappa shape index (κ3) is 9.40. The van der Waals surface area contributed by atoms with Crippen molar-refractivity contribution in [3.8, 4) is 0 Å². The van der Waals surface area contributed by atoms with Crippen LogP contribution in [-0.4, -0.2) is 32.6 Å². The summed E-state index contributed by atoms with van der Waals surface area (Å²) in [6, 6.07) is 0.766. The van der Waals surface area contributed by atoms with Crippen LogP contribution in [0.25, 0.3) is 0 Å². The SMILES string of the molecule is CCCCCCCCC(CCCNC1CCCCC1)C(C)(OC)OC. The van der Waals surface area contributed by atoms with Crippen LogP contribution in [-0.2, 0) is 9.47 Å². The van der Waals surface area contributed by atoms with Crippen molar-refractivity contribution in [1.29, 1.82) is 0 Å². The third-order valence-electron chi connectivity index (χ3n) is 6.23. The Balaban J connectivity index is 2.29. The molecule has 3 nitrogen and oxygen atoms in total. The Kier molecular flexibility index (Phi) is 12.8. The average molecular weight is 356 g/mol. The summed E-state index contributed by atoms with van der Waals surface area (Å²) in [6.07, 6.45) is 18.7. The lowest BCUT2D eigenvalue weighted by Gasteiger charge is -2.35. The Bertz CT molecular complexity index is 298. The van der Waals surface area contributed by atoms with Gasteiger partial charge >= 0.3 is 0 Å². The minimum absolute atomic E-state index is 0.436. The summed E-state index contributed by atoms with van der Waals surface area (Å²) in [4.78, 5) is 0. The molecule has 25 heavy (non-hydrogen) atoms. The van der Waals surface area contributed by atoms with Crippen LogP contribution in [0, 0.1) is 5.92 Å². The monoisotopic (exact) mass is 355 g/mol. The molecule has 1 saturated carbocycles. The van der Waals surface area contributed by atoms with E-state index in [0.717, 1.165) is 12.6 Å². The van der Waals surface area contributed by atoms with E-state index in [9.17, 15) is 0 Å². The largest absolute Gasteiger partial charge is 0.353 e. The molecule has 1 fully saturated rings. The minimum Gasteiger partial charge on any atom is -0.353 e. The summed E-state index contributed by atoms with van der Waals surface area (Å²) < 4.78 is 11.5. The second-order valence-electron chi connectivity index (χ2n) is 8.11. The number of ether oxygens (including phenoxy) is 2. The molecule has 3 heteroatoms. The second kappa shape index (κ2) is 14.0. The summed E-state index contributed by atoms with van der Waals surface area (Å²) in [5.41, 5.74) is 0. The van der Waals surface area contributed by atoms with Gasteiger partial charge in [0.15, 0.2) is 5.79 Å². The van der Waals surface area contributed by atoms with E-state index in [2.05, 4.69) is 19.2 Å². The molecule has 0 aromatic rings. The van der Waals surface area contributed by atoms with Crippen LogP contribution in [0.15, 0.2) is 0 Å². The van der Waals surface area contributed by atoms with Crippen LogP contribution in [0.5, 0.6) is 0 Å². The van der Waals surface area contributed by atoms with Gasteiger partial charge < -0.3 is 14.8 Å². The quantitative estimate of drug-likeness (QED) is 0.286. The molecule has 0 aromatic heterocycles. The van der Waals surface area contributed by atoms with E-state index in [4.69, 9.17) is 9.47 Å². The van der Waals surface area contributed by atoms with Crippen LogP contribution in [0.1, 0.15) is 104 Å². The highest BCUT2D eigenvalue weighted by Crippen LogP contribution is 2.31. The standard InChI is InChI=1S/C22H45NO2/c1-5-6-7-8-9-11-15-20(22(2,24-3)25-4)16-14-19-23-21-17-12-10-13-18-21/h20-21,23H,5-19H2,1-4H3. The van der Waals surface area contributed by atoms with E-state index < -0.39 is 5.79 Å². The molecule has 0 heterocycles. The van der Waals surface area contributed by atoms with E-state index in [-0.39, 0.29) is 0 Å². The predicted octanol–water partition coefficient (Wildman–Crippen LogP) is 6.06. The molecule has 1 aliphatic rings. The van der Waals surface area contributed by atoms with E-state index in [0.29, 0.717) is 5.92 Å². The van der Waals surface area contributed by atoms with E-state index in [1.807, 2.05) is 0 Å². The molecule has 1 N–H and O–H groups in total. The molecule has 0 aromatic carbocycles.